The molecule has 1 heterocycles. The van der Waals surface area contributed by atoms with E-state index >= 15 is 0 Å². The number of hydrogen-bond acceptors (Lipinski definition) is 3. The molecule has 0 unspecified atom stereocenters. The van der Waals surface area contributed by atoms with Crippen LogP contribution in [0.25, 0.3) is 0 Å². The first kappa shape index (κ1) is 17.1. The second-order valence-corrected chi connectivity index (χ2v) is 7.67. The number of amidine groups is 1. The van der Waals surface area contributed by atoms with Gasteiger partial charge in [-0.25, -0.2) is 0 Å². The lowest BCUT2D eigenvalue weighted by Crippen LogP contribution is -2.30. The van der Waals surface area contributed by atoms with Crippen LogP contribution in [0.5, 0.6) is 0 Å². The summed E-state index contributed by atoms with van der Waals surface area (Å²) in [5, 5.41) is 1.19. The lowest BCUT2D eigenvalue weighted by Gasteiger charge is -2.28. The SMILES string of the molecule is CC(C)c1ccc(CN(Cc2ccccc2)C2=NCCCS2)cc1. The summed E-state index contributed by atoms with van der Waals surface area (Å²) in [7, 11) is 0. The van der Waals surface area contributed by atoms with E-state index in [-0.39, 0.29) is 0 Å². The Balaban J connectivity index is 1.77. The molecule has 2 aromatic rings. The highest BCUT2D eigenvalue weighted by molar-refractivity contribution is 8.13. The molecule has 0 saturated carbocycles. The Labute approximate surface area is 150 Å². The van der Waals surface area contributed by atoms with Gasteiger partial charge in [-0.3, -0.25) is 4.99 Å². The lowest BCUT2D eigenvalue weighted by molar-refractivity contribution is 0.412. The van der Waals surface area contributed by atoms with Crippen LogP contribution in [0.3, 0.4) is 0 Å². The predicted molar refractivity (Wildman–Crippen MR) is 106 cm³/mol. The average molecular weight is 339 g/mol. The number of rotatable bonds is 5. The van der Waals surface area contributed by atoms with Crippen LogP contribution in [0.15, 0.2) is 59.6 Å². The van der Waals surface area contributed by atoms with Crippen LogP contribution >= 0.6 is 11.8 Å². The fraction of sp³-hybridized carbons (Fsp3) is 0.381. The first-order chi connectivity index (χ1) is 11.7. The normalized spacial score (nSPS) is 14.5. The Kier molecular flexibility index (Phi) is 5.97. The van der Waals surface area contributed by atoms with Crippen LogP contribution in [0.1, 0.15) is 42.9 Å². The quantitative estimate of drug-likeness (QED) is 0.734. The van der Waals surface area contributed by atoms with Gasteiger partial charge in [0.15, 0.2) is 5.17 Å². The van der Waals surface area contributed by atoms with Crippen molar-refractivity contribution in [3.63, 3.8) is 0 Å². The van der Waals surface area contributed by atoms with Gasteiger partial charge in [-0.05, 0) is 29.0 Å². The van der Waals surface area contributed by atoms with E-state index in [1.54, 1.807) is 0 Å². The van der Waals surface area contributed by atoms with Gasteiger partial charge in [-0.2, -0.15) is 0 Å². The lowest BCUT2D eigenvalue weighted by atomic mass is 10.0. The topological polar surface area (TPSA) is 15.6 Å². The molecule has 0 N–H and O–H groups in total. The molecule has 0 atom stereocenters. The van der Waals surface area contributed by atoms with Crippen LogP contribution in [-0.4, -0.2) is 22.4 Å². The van der Waals surface area contributed by atoms with Gasteiger partial charge in [0.25, 0.3) is 0 Å². The van der Waals surface area contributed by atoms with Gasteiger partial charge >= 0.3 is 0 Å². The first-order valence-electron chi connectivity index (χ1n) is 8.77. The molecule has 0 aliphatic carbocycles. The summed E-state index contributed by atoms with van der Waals surface area (Å²) in [4.78, 5) is 7.19. The highest BCUT2D eigenvalue weighted by Crippen LogP contribution is 2.22. The van der Waals surface area contributed by atoms with Gasteiger partial charge < -0.3 is 4.90 Å². The Morgan fingerprint density at radius 1 is 0.958 bits per heavy atom. The summed E-state index contributed by atoms with van der Waals surface area (Å²) in [6.45, 7) is 7.27. The minimum atomic E-state index is 0.581. The summed E-state index contributed by atoms with van der Waals surface area (Å²) in [6, 6.07) is 19.7. The molecule has 0 amide bonds. The van der Waals surface area contributed by atoms with Crippen LogP contribution in [0.2, 0.25) is 0 Å². The van der Waals surface area contributed by atoms with E-state index in [0.29, 0.717) is 5.92 Å². The fourth-order valence-corrected chi connectivity index (χ4v) is 3.81. The van der Waals surface area contributed by atoms with E-state index in [0.717, 1.165) is 19.6 Å². The molecule has 2 aromatic carbocycles. The van der Waals surface area contributed by atoms with Crippen LogP contribution in [-0.2, 0) is 13.1 Å². The van der Waals surface area contributed by atoms with E-state index in [4.69, 9.17) is 4.99 Å². The third-order valence-corrected chi connectivity index (χ3v) is 5.43. The molecule has 0 aromatic heterocycles. The highest BCUT2D eigenvalue weighted by Gasteiger charge is 2.16. The zero-order valence-electron chi connectivity index (χ0n) is 14.6. The highest BCUT2D eigenvalue weighted by atomic mass is 32.2. The standard InChI is InChI=1S/C21H26N2S/c1-17(2)20-11-9-19(10-12-20)16-23(21-22-13-6-14-24-21)15-18-7-4-3-5-8-18/h3-5,7-12,17H,6,13-16H2,1-2H3. The maximum Gasteiger partial charge on any atom is 0.159 e. The minimum Gasteiger partial charge on any atom is -0.343 e. The Bertz CT molecular complexity index is 662. The number of nitrogens with zero attached hydrogens (tertiary/aromatic N) is 2. The second-order valence-electron chi connectivity index (χ2n) is 6.60. The summed E-state index contributed by atoms with van der Waals surface area (Å²) in [5.74, 6) is 1.76. The van der Waals surface area contributed by atoms with Crippen LogP contribution in [0, 0.1) is 0 Å². The van der Waals surface area contributed by atoms with Crippen molar-refractivity contribution in [1.29, 1.82) is 0 Å². The molecule has 3 rings (SSSR count). The first-order valence-corrected chi connectivity index (χ1v) is 9.76. The monoisotopic (exact) mass is 338 g/mol. The molecule has 2 nitrogen and oxygen atoms in total. The van der Waals surface area contributed by atoms with Crippen LogP contribution < -0.4 is 0 Å². The number of benzene rings is 2. The van der Waals surface area contributed by atoms with Gasteiger partial charge in [-0.15, -0.1) is 0 Å². The zero-order valence-corrected chi connectivity index (χ0v) is 15.4. The fourth-order valence-electron chi connectivity index (χ4n) is 2.86. The van der Waals surface area contributed by atoms with Gasteiger partial charge in [0.1, 0.15) is 0 Å². The van der Waals surface area contributed by atoms with E-state index in [9.17, 15) is 0 Å². The largest absolute Gasteiger partial charge is 0.343 e. The summed E-state index contributed by atoms with van der Waals surface area (Å²) in [6.07, 6.45) is 1.19. The molecule has 0 fully saturated rings. The van der Waals surface area contributed by atoms with E-state index in [1.165, 1.54) is 34.0 Å². The Morgan fingerprint density at radius 2 is 1.62 bits per heavy atom. The van der Waals surface area contributed by atoms with Gasteiger partial charge in [0.2, 0.25) is 0 Å². The Morgan fingerprint density at radius 3 is 2.21 bits per heavy atom. The molecule has 0 spiro atoms. The second kappa shape index (κ2) is 8.39. The molecule has 0 bridgehead atoms. The van der Waals surface area contributed by atoms with E-state index in [2.05, 4.69) is 73.3 Å². The van der Waals surface area contributed by atoms with E-state index in [1.807, 2.05) is 11.8 Å². The average Bonchev–Trinajstić information content (AvgIpc) is 2.63. The van der Waals surface area contributed by atoms with Crippen LogP contribution in [0.4, 0.5) is 0 Å². The molecular weight excluding hydrogens is 312 g/mol. The molecule has 0 saturated heterocycles. The van der Waals surface area contributed by atoms with Crippen molar-refractivity contribution in [2.45, 2.75) is 39.3 Å². The van der Waals surface area contributed by atoms with Crippen molar-refractivity contribution in [1.82, 2.24) is 4.90 Å². The number of thioether (sulfide) groups is 1. The smallest absolute Gasteiger partial charge is 0.159 e. The van der Waals surface area contributed by atoms with Gasteiger partial charge in [0.05, 0.1) is 0 Å². The van der Waals surface area contributed by atoms with Crippen molar-refractivity contribution in [2.24, 2.45) is 4.99 Å². The molecule has 24 heavy (non-hydrogen) atoms. The van der Waals surface area contributed by atoms with Crippen molar-refractivity contribution in [3.05, 3.63) is 71.3 Å². The molecule has 126 valence electrons. The van der Waals surface area contributed by atoms with Crippen molar-refractivity contribution < 1.29 is 0 Å². The van der Waals surface area contributed by atoms with Crippen molar-refractivity contribution in [2.75, 3.05) is 12.3 Å². The minimum absolute atomic E-state index is 0.581. The summed E-state index contributed by atoms with van der Waals surface area (Å²) < 4.78 is 0. The van der Waals surface area contributed by atoms with Crippen molar-refractivity contribution in [3.8, 4) is 0 Å². The molecule has 0 radical (unpaired) electrons. The third-order valence-electron chi connectivity index (χ3n) is 4.29. The predicted octanol–water partition coefficient (Wildman–Crippen LogP) is 5.31. The van der Waals surface area contributed by atoms with Gasteiger partial charge in [-0.1, -0.05) is 80.2 Å². The van der Waals surface area contributed by atoms with Crippen molar-refractivity contribution >= 4 is 16.9 Å². The maximum atomic E-state index is 4.77. The third kappa shape index (κ3) is 4.64. The van der Waals surface area contributed by atoms with Gasteiger partial charge in [0, 0.05) is 25.4 Å². The number of hydrogen-bond donors (Lipinski definition) is 0. The summed E-state index contributed by atoms with van der Waals surface area (Å²) in [5.41, 5.74) is 4.09. The summed E-state index contributed by atoms with van der Waals surface area (Å²) >= 11 is 1.89. The maximum absolute atomic E-state index is 4.77. The molecule has 1 aliphatic rings. The molecule has 3 heteroatoms. The van der Waals surface area contributed by atoms with E-state index < -0.39 is 0 Å². The zero-order chi connectivity index (χ0) is 16.8. The molecule has 1 aliphatic heterocycles. The Hall–Kier alpha value is -1.74. The number of aliphatic imine (C=N–C) groups is 1. The molecular formula is C21H26N2S.